The highest BCUT2D eigenvalue weighted by Crippen LogP contribution is 2.29. The Balaban J connectivity index is 2.46. The smallest absolute Gasteiger partial charge is 0.263 e. The van der Waals surface area contributed by atoms with Gasteiger partial charge in [-0.25, -0.2) is 17.2 Å². The highest BCUT2D eigenvalue weighted by Gasteiger charge is 2.21. The number of hydrogen-bond acceptors (Lipinski definition) is 3. The Morgan fingerprint density at radius 2 is 1.81 bits per heavy atom. The van der Waals surface area contributed by atoms with Crippen LogP contribution in [0, 0.1) is 18.6 Å². The molecular formula is C13H11BrF2N2O2S. The summed E-state index contributed by atoms with van der Waals surface area (Å²) in [5.74, 6) is -1.45. The Kier molecular flexibility index (Phi) is 4.20. The van der Waals surface area contributed by atoms with Gasteiger partial charge in [-0.3, -0.25) is 4.72 Å². The van der Waals surface area contributed by atoms with Crippen molar-refractivity contribution in [1.82, 2.24) is 0 Å². The first-order valence-electron chi connectivity index (χ1n) is 5.74. The molecule has 21 heavy (non-hydrogen) atoms. The first-order valence-corrected chi connectivity index (χ1v) is 8.02. The second-order valence-electron chi connectivity index (χ2n) is 4.39. The summed E-state index contributed by atoms with van der Waals surface area (Å²) in [6.45, 7) is 1.68. The highest BCUT2D eigenvalue weighted by atomic mass is 79.9. The number of hydrogen-bond donors (Lipinski definition) is 2. The quantitative estimate of drug-likeness (QED) is 0.806. The van der Waals surface area contributed by atoms with Crippen molar-refractivity contribution in [3.8, 4) is 0 Å². The molecule has 0 radical (unpaired) electrons. The molecule has 2 rings (SSSR count). The zero-order valence-corrected chi connectivity index (χ0v) is 13.2. The first-order chi connectivity index (χ1) is 9.70. The predicted molar refractivity (Wildman–Crippen MR) is 80.5 cm³/mol. The number of nitrogens with one attached hydrogen (secondary N) is 1. The second-order valence-corrected chi connectivity index (χ2v) is 6.90. The fourth-order valence-electron chi connectivity index (χ4n) is 1.65. The summed E-state index contributed by atoms with van der Waals surface area (Å²) in [5.41, 5.74) is 5.51. The first kappa shape index (κ1) is 15.7. The van der Waals surface area contributed by atoms with Crippen molar-refractivity contribution in [1.29, 1.82) is 0 Å². The summed E-state index contributed by atoms with van der Waals surface area (Å²) >= 11 is 2.95. The van der Waals surface area contributed by atoms with E-state index >= 15 is 0 Å². The number of anilines is 2. The molecule has 0 aliphatic rings. The van der Waals surface area contributed by atoms with E-state index < -0.39 is 21.7 Å². The van der Waals surface area contributed by atoms with Crippen LogP contribution in [0.4, 0.5) is 20.2 Å². The van der Waals surface area contributed by atoms with Crippen LogP contribution in [-0.2, 0) is 10.0 Å². The Morgan fingerprint density at radius 3 is 2.43 bits per heavy atom. The topological polar surface area (TPSA) is 72.2 Å². The van der Waals surface area contributed by atoms with Gasteiger partial charge in [0, 0.05) is 4.47 Å². The van der Waals surface area contributed by atoms with Crippen LogP contribution in [0.1, 0.15) is 5.56 Å². The van der Waals surface area contributed by atoms with Gasteiger partial charge >= 0.3 is 0 Å². The van der Waals surface area contributed by atoms with Crippen LogP contribution in [0.15, 0.2) is 39.7 Å². The van der Waals surface area contributed by atoms with Gasteiger partial charge < -0.3 is 5.73 Å². The lowest BCUT2D eigenvalue weighted by Gasteiger charge is -2.11. The maximum atomic E-state index is 13.7. The minimum Gasteiger partial charge on any atom is -0.396 e. The second kappa shape index (κ2) is 5.61. The zero-order chi connectivity index (χ0) is 15.8. The molecule has 0 atom stereocenters. The van der Waals surface area contributed by atoms with E-state index in [2.05, 4.69) is 20.7 Å². The van der Waals surface area contributed by atoms with Gasteiger partial charge in [0.2, 0.25) is 0 Å². The normalized spacial score (nSPS) is 11.4. The molecule has 0 aliphatic carbocycles. The molecule has 0 bridgehead atoms. The van der Waals surface area contributed by atoms with Gasteiger partial charge in [-0.2, -0.15) is 0 Å². The number of sulfonamides is 1. The van der Waals surface area contributed by atoms with E-state index in [1.54, 1.807) is 13.0 Å². The molecule has 0 amide bonds. The van der Waals surface area contributed by atoms with Gasteiger partial charge in [-0.1, -0.05) is 6.07 Å². The Morgan fingerprint density at radius 1 is 1.14 bits per heavy atom. The van der Waals surface area contributed by atoms with Crippen LogP contribution in [0.25, 0.3) is 0 Å². The lowest BCUT2D eigenvalue weighted by Crippen LogP contribution is -2.15. The van der Waals surface area contributed by atoms with Crippen molar-refractivity contribution in [3.63, 3.8) is 0 Å². The maximum Gasteiger partial charge on any atom is 0.263 e. The molecule has 112 valence electrons. The largest absolute Gasteiger partial charge is 0.396 e. The van der Waals surface area contributed by atoms with Gasteiger partial charge in [0.05, 0.1) is 11.4 Å². The van der Waals surface area contributed by atoms with Gasteiger partial charge in [0.25, 0.3) is 10.0 Å². The third-order valence-corrected chi connectivity index (χ3v) is 5.03. The Bertz CT molecular complexity index is 810. The highest BCUT2D eigenvalue weighted by molar-refractivity contribution is 9.10. The van der Waals surface area contributed by atoms with Crippen molar-refractivity contribution in [2.45, 2.75) is 11.8 Å². The maximum absolute atomic E-state index is 13.7. The molecular weight excluding hydrogens is 366 g/mol. The van der Waals surface area contributed by atoms with Crippen LogP contribution in [0.2, 0.25) is 0 Å². The number of rotatable bonds is 3. The fraction of sp³-hybridized carbons (Fsp3) is 0.0769. The summed E-state index contributed by atoms with van der Waals surface area (Å²) in [6, 6.07) is 5.98. The molecule has 0 saturated carbocycles. The molecule has 0 aromatic heterocycles. The van der Waals surface area contributed by atoms with Gasteiger partial charge in [0.1, 0.15) is 16.5 Å². The van der Waals surface area contributed by atoms with Crippen LogP contribution < -0.4 is 10.5 Å². The molecule has 0 unspecified atom stereocenters. The summed E-state index contributed by atoms with van der Waals surface area (Å²) in [7, 11) is -4.10. The zero-order valence-electron chi connectivity index (χ0n) is 10.8. The van der Waals surface area contributed by atoms with Crippen molar-refractivity contribution < 1.29 is 17.2 Å². The van der Waals surface area contributed by atoms with E-state index in [1.807, 2.05) is 0 Å². The summed E-state index contributed by atoms with van der Waals surface area (Å²) in [6.07, 6.45) is 0. The van der Waals surface area contributed by atoms with E-state index in [0.717, 1.165) is 12.1 Å². The SMILES string of the molecule is Cc1ccc(NS(=O)(=O)c2cc(N)c(F)cc2Br)c(F)c1. The van der Waals surface area contributed by atoms with Gasteiger partial charge in [-0.05, 0) is 52.7 Å². The monoisotopic (exact) mass is 376 g/mol. The van der Waals surface area contributed by atoms with E-state index in [4.69, 9.17) is 5.73 Å². The van der Waals surface area contributed by atoms with Crippen molar-refractivity contribution in [2.24, 2.45) is 0 Å². The van der Waals surface area contributed by atoms with Crippen molar-refractivity contribution in [2.75, 3.05) is 10.5 Å². The summed E-state index contributed by atoms with van der Waals surface area (Å²) in [4.78, 5) is -0.277. The molecule has 2 aromatic carbocycles. The molecule has 2 aromatic rings. The van der Waals surface area contributed by atoms with Crippen LogP contribution in [0.3, 0.4) is 0 Å². The number of nitrogen functional groups attached to an aromatic ring is 1. The number of benzene rings is 2. The number of nitrogens with two attached hydrogens (primary N) is 1. The Hall–Kier alpha value is -1.67. The molecule has 0 heterocycles. The van der Waals surface area contributed by atoms with E-state index in [-0.39, 0.29) is 20.7 Å². The van der Waals surface area contributed by atoms with Crippen molar-refractivity contribution >= 4 is 37.3 Å². The molecule has 8 heteroatoms. The molecule has 0 saturated heterocycles. The standard InChI is InChI=1S/C13H11BrF2N2O2S/c1-7-2-3-12(10(16)4-7)18-21(19,20)13-6-11(17)9(15)5-8(13)14/h2-6,18H,17H2,1H3. The fourth-order valence-corrected chi connectivity index (χ4v) is 3.77. The van der Waals surface area contributed by atoms with Crippen LogP contribution >= 0.6 is 15.9 Å². The molecule has 4 nitrogen and oxygen atoms in total. The third-order valence-electron chi connectivity index (χ3n) is 2.71. The lowest BCUT2D eigenvalue weighted by molar-refractivity contribution is 0.596. The molecule has 0 spiro atoms. The van der Waals surface area contributed by atoms with Gasteiger partial charge in [0.15, 0.2) is 0 Å². The molecule has 3 N–H and O–H groups in total. The molecule has 0 aliphatic heterocycles. The van der Waals surface area contributed by atoms with Crippen LogP contribution in [-0.4, -0.2) is 8.42 Å². The minimum absolute atomic E-state index is 0.00535. The summed E-state index contributed by atoms with van der Waals surface area (Å²) in [5, 5.41) is 0. The van der Waals surface area contributed by atoms with Gasteiger partial charge in [-0.15, -0.1) is 0 Å². The average Bonchev–Trinajstić information content (AvgIpc) is 2.37. The van der Waals surface area contributed by atoms with E-state index in [1.165, 1.54) is 12.1 Å². The molecule has 0 fully saturated rings. The number of aryl methyl sites for hydroxylation is 1. The minimum atomic E-state index is -4.10. The lowest BCUT2D eigenvalue weighted by atomic mass is 10.2. The van der Waals surface area contributed by atoms with E-state index in [0.29, 0.717) is 5.56 Å². The van der Waals surface area contributed by atoms with Crippen LogP contribution in [0.5, 0.6) is 0 Å². The predicted octanol–water partition coefficient (Wildman–Crippen LogP) is 3.42. The Labute approximate surface area is 129 Å². The average molecular weight is 377 g/mol. The third kappa shape index (κ3) is 3.33. The van der Waals surface area contributed by atoms with Crippen molar-refractivity contribution in [3.05, 3.63) is 52.0 Å². The summed E-state index contributed by atoms with van der Waals surface area (Å²) < 4.78 is 53.5. The van der Waals surface area contributed by atoms with E-state index in [9.17, 15) is 17.2 Å². The number of halogens is 3.